The standard InChI is InChI=1S/C15H17F2N3O/c1-2-10-9-19-20-13(6-7-18-14(10)20)11-4-3-5-12(8-11)21-15(16)17/h3-5,8-9,13,15,18H,2,6-7H2,1H3. The Morgan fingerprint density at radius 2 is 2.33 bits per heavy atom. The third kappa shape index (κ3) is 2.70. The van der Waals surface area contributed by atoms with Crippen LogP contribution in [0.25, 0.3) is 0 Å². The van der Waals surface area contributed by atoms with Crippen molar-refractivity contribution in [3.05, 3.63) is 41.6 Å². The number of aryl methyl sites for hydroxylation is 1. The molecule has 6 heteroatoms. The van der Waals surface area contributed by atoms with Crippen LogP contribution in [0.15, 0.2) is 30.5 Å². The lowest BCUT2D eigenvalue weighted by atomic mass is 10.0. The highest BCUT2D eigenvalue weighted by molar-refractivity contribution is 5.47. The molecular formula is C15H17F2N3O. The summed E-state index contributed by atoms with van der Waals surface area (Å²) >= 11 is 0. The van der Waals surface area contributed by atoms with Crippen molar-refractivity contribution in [1.29, 1.82) is 0 Å². The number of benzene rings is 1. The van der Waals surface area contributed by atoms with E-state index in [1.165, 1.54) is 11.6 Å². The number of hydrogen-bond acceptors (Lipinski definition) is 3. The Kier molecular flexibility index (Phi) is 3.77. The second kappa shape index (κ2) is 5.71. The number of halogens is 2. The molecule has 0 aliphatic carbocycles. The first-order chi connectivity index (χ1) is 10.2. The fourth-order valence-electron chi connectivity index (χ4n) is 2.74. The Labute approximate surface area is 121 Å². The summed E-state index contributed by atoms with van der Waals surface area (Å²) in [5.41, 5.74) is 2.10. The molecule has 0 amide bonds. The molecule has 1 N–H and O–H groups in total. The van der Waals surface area contributed by atoms with E-state index in [0.717, 1.165) is 30.8 Å². The number of ether oxygens (including phenoxy) is 1. The van der Waals surface area contributed by atoms with Gasteiger partial charge in [-0.15, -0.1) is 0 Å². The van der Waals surface area contributed by atoms with Gasteiger partial charge in [0.2, 0.25) is 0 Å². The van der Waals surface area contributed by atoms with Crippen LogP contribution in [0.3, 0.4) is 0 Å². The zero-order valence-corrected chi connectivity index (χ0v) is 11.7. The zero-order chi connectivity index (χ0) is 14.8. The zero-order valence-electron chi connectivity index (χ0n) is 11.7. The third-order valence-corrected chi connectivity index (χ3v) is 3.73. The van der Waals surface area contributed by atoms with E-state index in [4.69, 9.17) is 0 Å². The van der Waals surface area contributed by atoms with E-state index in [1.807, 2.05) is 16.9 Å². The van der Waals surface area contributed by atoms with Gasteiger partial charge in [-0.1, -0.05) is 19.1 Å². The second-order valence-electron chi connectivity index (χ2n) is 5.00. The summed E-state index contributed by atoms with van der Waals surface area (Å²) < 4.78 is 31.1. The fraction of sp³-hybridized carbons (Fsp3) is 0.400. The molecule has 3 rings (SSSR count). The van der Waals surface area contributed by atoms with E-state index in [0.29, 0.717) is 0 Å². The van der Waals surface area contributed by atoms with Crippen LogP contribution < -0.4 is 10.1 Å². The molecule has 0 saturated heterocycles. The van der Waals surface area contributed by atoms with Gasteiger partial charge in [-0.2, -0.15) is 13.9 Å². The number of alkyl halides is 2. The SMILES string of the molecule is CCc1cnn2c1NCCC2c1cccc(OC(F)F)c1. The summed E-state index contributed by atoms with van der Waals surface area (Å²) in [6.07, 6.45) is 3.62. The minimum atomic E-state index is -2.81. The van der Waals surface area contributed by atoms with Gasteiger partial charge in [0.25, 0.3) is 0 Å². The van der Waals surface area contributed by atoms with Crippen LogP contribution in [0.2, 0.25) is 0 Å². The van der Waals surface area contributed by atoms with Gasteiger partial charge < -0.3 is 10.1 Å². The molecule has 1 unspecified atom stereocenters. The van der Waals surface area contributed by atoms with E-state index < -0.39 is 6.61 Å². The molecule has 0 spiro atoms. The lowest BCUT2D eigenvalue weighted by Crippen LogP contribution is -2.24. The van der Waals surface area contributed by atoms with Crippen molar-refractivity contribution in [2.24, 2.45) is 0 Å². The van der Waals surface area contributed by atoms with Crippen LogP contribution in [0, 0.1) is 0 Å². The molecule has 0 radical (unpaired) electrons. The number of nitrogens with one attached hydrogen (secondary N) is 1. The van der Waals surface area contributed by atoms with Crippen LogP contribution in [0.5, 0.6) is 5.75 Å². The highest BCUT2D eigenvalue weighted by Gasteiger charge is 2.24. The first-order valence-electron chi connectivity index (χ1n) is 7.04. The van der Waals surface area contributed by atoms with Crippen molar-refractivity contribution in [1.82, 2.24) is 9.78 Å². The van der Waals surface area contributed by atoms with E-state index in [1.54, 1.807) is 12.1 Å². The maximum atomic E-state index is 12.3. The largest absolute Gasteiger partial charge is 0.435 e. The molecule has 21 heavy (non-hydrogen) atoms. The van der Waals surface area contributed by atoms with Gasteiger partial charge in [-0.25, -0.2) is 4.68 Å². The Balaban J connectivity index is 1.93. The molecule has 0 fully saturated rings. The summed E-state index contributed by atoms with van der Waals surface area (Å²) in [5.74, 6) is 1.21. The highest BCUT2D eigenvalue weighted by atomic mass is 19.3. The van der Waals surface area contributed by atoms with Crippen molar-refractivity contribution in [3.8, 4) is 5.75 Å². The number of nitrogens with zero attached hydrogens (tertiary/aromatic N) is 2. The van der Waals surface area contributed by atoms with Gasteiger partial charge in [0.1, 0.15) is 11.6 Å². The second-order valence-corrected chi connectivity index (χ2v) is 5.00. The number of hydrogen-bond donors (Lipinski definition) is 1. The lowest BCUT2D eigenvalue weighted by Gasteiger charge is -2.27. The van der Waals surface area contributed by atoms with Crippen molar-refractivity contribution in [3.63, 3.8) is 0 Å². The van der Waals surface area contributed by atoms with Crippen LogP contribution in [-0.4, -0.2) is 22.9 Å². The minimum Gasteiger partial charge on any atom is -0.435 e. The summed E-state index contributed by atoms with van der Waals surface area (Å²) in [5, 5.41) is 7.80. The predicted octanol–water partition coefficient (Wildman–Crippen LogP) is 3.45. The molecule has 1 aromatic carbocycles. The van der Waals surface area contributed by atoms with E-state index in [-0.39, 0.29) is 11.8 Å². The van der Waals surface area contributed by atoms with E-state index in [2.05, 4.69) is 22.1 Å². The van der Waals surface area contributed by atoms with Crippen LogP contribution in [0.4, 0.5) is 14.6 Å². The number of fused-ring (bicyclic) bond motifs is 1. The quantitative estimate of drug-likeness (QED) is 0.938. The average Bonchev–Trinajstić information content (AvgIpc) is 2.89. The van der Waals surface area contributed by atoms with Gasteiger partial charge >= 0.3 is 6.61 Å². The molecule has 2 heterocycles. The topological polar surface area (TPSA) is 39.1 Å². The van der Waals surface area contributed by atoms with Crippen molar-refractivity contribution < 1.29 is 13.5 Å². The number of rotatable bonds is 4. The molecule has 1 atom stereocenters. The third-order valence-electron chi connectivity index (χ3n) is 3.73. The van der Waals surface area contributed by atoms with Crippen molar-refractivity contribution in [2.45, 2.75) is 32.4 Å². The first-order valence-corrected chi connectivity index (χ1v) is 7.04. The molecule has 0 bridgehead atoms. The Morgan fingerprint density at radius 1 is 1.48 bits per heavy atom. The molecule has 112 valence electrons. The predicted molar refractivity (Wildman–Crippen MR) is 75.9 cm³/mol. The monoisotopic (exact) mass is 293 g/mol. The van der Waals surface area contributed by atoms with Crippen LogP contribution in [-0.2, 0) is 6.42 Å². The van der Waals surface area contributed by atoms with Gasteiger partial charge in [0.05, 0.1) is 12.2 Å². The van der Waals surface area contributed by atoms with E-state index >= 15 is 0 Å². The van der Waals surface area contributed by atoms with Crippen LogP contribution >= 0.6 is 0 Å². The maximum absolute atomic E-state index is 12.3. The Bertz CT molecular complexity index is 627. The Hall–Kier alpha value is -2.11. The van der Waals surface area contributed by atoms with Crippen molar-refractivity contribution >= 4 is 5.82 Å². The highest BCUT2D eigenvalue weighted by Crippen LogP contribution is 2.32. The first kappa shape index (κ1) is 13.9. The molecule has 2 aromatic rings. The molecule has 1 aromatic heterocycles. The summed E-state index contributed by atoms with van der Waals surface area (Å²) in [6, 6.07) is 6.91. The molecule has 1 aliphatic heterocycles. The minimum absolute atomic E-state index is 0.0442. The van der Waals surface area contributed by atoms with Crippen LogP contribution in [0.1, 0.15) is 30.5 Å². The lowest BCUT2D eigenvalue weighted by molar-refractivity contribution is -0.0499. The van der Waals surface area contributed by atoms with Gasteiger partial charge in [-0.3, -0.25) is 0 Å². The summed E-state index contributed by atoms with van der Waals surface area (Å²) in [4.78, 5) is 0. The smallest absolute Gasteiger partial charge is 0.387 e. The molecular weight excluding hydrogens is 276 g/mol. The number of anilines is 1. The molecule has 4 nitrogen and oxygen atoms in total. The van der Waals surface area contributed by atoms with Gasteiger partial charge in [0.15, 0.2) is 0 Å². The summed E-state index contributed by atoms with van der Waals surface area (Å²) in [7, 11) is 0. The normalized spacial score (nSPS) is 17.4. The molecule has 1 aliphatic rings. The van der Waals surface area contributed by atoms with Gasteiger partial charge in [-0.05, 0) is 30.5 Å². The molecule has 0 saturated carbocycles. The van der Waals surface area contributed by atoms with E-state index in [9.17, 15) is 8.78 Å². The maximum Gasteiger partial charge on any atom is 0.387 e. The van der Waals surface area contributed by atoms with Gasteiger partial charge in [0, 0.05) is 12.1 Å². The average molecular weight is 293 g/mol. The summed E-state index contributed by atoms with van der Waals surface area (Å²) in [6.45, 7) is 0.115. The fourth-order valence-corrected chi connectivity index (χ4v) is 2.74. The van der Waals surface area contributed by atoms with Crippen molar-refractivity contribution in [2.75, 3.05) is 11.9 Å². The number of aromatic nitrogens is 2. The Morgan fingerprint density at radius 3 is 3.10 bits per heavy atom.